The van der Waals surface area contributed by atoms with Crippen molar-refractivity contribution in [2.75, 3.05) is 13.4 Å². The highest BCUT2D eigenvalue weighted by molar-refractivity contribution is 6.34. The Labute approximate surface area is 205 Å². The molecule has 0 fully saturated rings. The first-order chi connectivity index (χ1) is 17.0. The Morgan fingerprint density at radius 1 is 1.06 bits per heavy atom. The van der Waals surface area contributed by atoms with Crippen molar-refractivity contribution in [3.63, 3.8) is 0 Å². The van der Waals surface area contributed by atoms with E-state index in [1.54, 1.807) is 66.7 Å². The summed E-state index contributed by atoms with van der Waals surface area (Å²) in [5.41, 5.74) is 1.53. The number of hydrogen-bond acceptors (Lipinski definition) is 8. The van der Waals surface area contributed by atoms with Crippen LogP contribution in [0.2, 0.25) is 5.02 Å². The lowest BCUT2D eigenvalue weighted by molar-refractivity contribution is -0.129. The van der Waals surface area contributed by atoms with Gasteiger partial charge in [0.1, 0.15) is 0 Å². The van der Waals surface area contributed by atoms with Crippen molar-refractivity contribution >= 4 is 35.5 Å². The van der Waals surface area contributed by atoms with Crippen LogP contribution in [-0.2, 0) is 9.53 Å². The van der Waals surface area contributed by atoms with E-state index in [4.69, 9.17) is 35.3 Å². The summed E-state index contributed by atoms with van der Waals surface area (Å²) in [5, 5.41) is 0.424. The van der Waals surface area contributed by atoms with Crippen LogP contribution in [0.3, 0.4) is 0 Å². The van der Waals surface area contributed by atoms with Gasteiger partial charge in [0.05, 0.1) is 22.8 Å². The number of hydrogen-bond donors (Lipinski definition) is 0. The molecule has 8 nitrogen and oxygen atoms in total. The van der Waals surface area contributed by atoms with E-state index in [1.807, 2.05) is 6.92 Å². The van der Waals surface area contributed by atoms with Gasteiger partial charge in [-0.05, 0) is 61.0 Å². The third-order valence-electron chi connectivity index (χ3n) is 5.11. The van der Waals surface area contributed by atoms with Crippen molar-refractivity contribution in [2.24, 2.45) is 4.99 Å². The topological polar surface area (TPSA) is 92.7 Å². The van der Waals surface area contributed by atoms with E-state index in [-0.39, 0.29) is 24.1 Å². The molecular weight excluding hydrogens is 474 g/mol. The summed E-state index contributed by atoms with van der Waals surface area (Å²) in [7, 11) is 0. The summed E-state index contributed by atoms with van der Waals surface area (Å²) in [6, 6.07) is 16.7. The molecule has 0 N–H and O–H groups in total. The van der Waals surface area contributed by atoms with E-state index in [2.05, 4.69) is 4.99 Å². The van der Waals surface area contributed by atoms with Gasteiger partial charge in [0, 0.05) is 0 Å². The minimum absolute atomic E-state index is 0.104. The molecule has 3 aromatic rings. The van der Waals surface area contributed by atoms with E-state index in [9.17, 15) is 9.59 Å². The standard InChI is InChI=1S/C26H18ClNO7/c1-2-31-22-12-15(11-19-26(30)35-24(28-19)17-5-3-4-6-18(17)27)7-9-21(22)34-25(29)16-8-10-20-23(13-16)33-14-32-20/h3-13H,2,14H2,1H3. The van der Waals surface area contributed by atoms with Gasteiger partial charge in [0.2, 0.25) is 12.7 Å². The number of carbonyl (C=O) groups is 2. The Bertz CT molecular complexity index is 1400. The molecule has 0 aromatic heterocycles. The van der Waals surface area contributed by atoms with Crippen LogP contribution in [0.1, 0.15) is 28.4 Å². The van der Waals surface area contributed by atoms with Gasteiger partial charge < -0.3 is 23.7 Å². The number of rotatable bonds is 6. The van der Waals surface area contributed by atoms with Crippen LogP contribution in [-0.4, -0.2) is 31.2 Å². The first-order valence-electron chi connectivity index (χ1n) is 10.7. The highest BCUT2D eigenvalue weighted by Gasteiger charge is 2.26. The second-order valence-electron chi connectivity index (χ2n) is 7.41. The largest absolute Gasteiger partial charge is 0.490 e. The van der Waals surface area contributed by atoms with Crippen LogP contribution < -0.4 is 18.9 Å². The smallest absolute Gasteiger partial charge is 0.363 e. The lowest BCUT2D eigenvalue weighted by Crippen LogP contribution is -2.09. The summed E-state index contributed by atoms with van der Waals surface area (Å²) in [6.07, 6.45) is 1.55. The second-order valence-corrected chi connectivity index (χ2v) is 7.82. The van der Waals surface area contributed by atoms with Gasteiger partial charge in [-0.1, -0.05) is 29.8 Å². The van der Waals surface area contributed by atoms with Crippen molar-refractivity contribution in [3.05, 3.63) is 88.1 Å². The molecule has 176 valence electrons. The summed E-state index contributed by atoms with van der Waals surface area (Å²) in [6.45, 7) is 2.26. The van der Waals surface area contributed by atoms with E-state index in [0.29, 0.717) is 45.6 Å². The molecule has 0 saturated carbocycles. The maximum absolute atomic E-state index is 12.7. The number of esters is 2. The van der Waals surface area contributed by atoms with Crippen molar-refractivity contribution in [3.8, 4) is 23.0 Å². The molecule has 0 saturated heterocycles. The van der Waals surface area contributed by atoms with E-state index in [0.717, 1.165) is 0 Å². The molecule has 9 heteroatoms. The zero-order chi connectivity index (χ0) is 24.4. The summed E-state index contributed by atoms with van der Waals surface area (Å²) in [5.74, 6) is 0.556. The quantitative estimate of drug-likeness (QED) is 0.271. The molecule has 0 atom stereocenters. The summed E-state index contributed by atoms with van der Waals surface area (Å²) < 4.78 is 27.1. The van der Waals surface area contributed by atoms with Crippen LogP contribution in [0.15, 0.2) is 71.4 Å². The Kier molecular flexibility index (Phi) is 6.12. The average Bonchev–Trinajstić information content (AvgIpc) is 3.47. The zero-order valence-electron chi connectivity index (χ0n) is 18.4. The molecule has 0 aliphatic carbocycles. The fourth-order valence-corrected chi connectivity index (χ4v) is 3.68. The maximum atomic E-state index is 12.7. The first kappa shape index (κ1) is 22.5. The van der Waals surface area contributed by atoms with Gasteiger partial charge in [-0.15, -0.1) is 0 Å². The van der Waals surface area contributed by atoms with Gasteiger partial charge in [-0.3, -0.25) is 0 Å². The molecule has 0 radical (unpaired) electrons. The third kappa shape index (κ3) is 4.69. The molecule has 0 bridgehead atoms. The van der Waals surface area contributed by atoms with Gasteiger partial charge in [-0.25, -0.2) is 14.6 Å². The lowest BCUT2D eigenvalue weighted by Gasteiger charge is -2.11. The molecule has 5 rings (SSSR count). The zero-order valence-corrected chi connectivity index (χ0v) is 19.2. The van der Waals surface area contributed by atoms with Gasteiger partial charge in [-0.2, -0.15) is 0 Å². The number of aliphatic imine (C=N–C) groups is 1. The molecular formula is C26H18ClNO7. The number of nitrogens with zero attached hydrogens (tertiary/aromatic N) is 1. The Hall–Kier alpha value is -4.30. The number of halogens is 1. The molecule has 2 aliphatic rings. The molecule has 0 amide bonds. The van der Waals surface area contributed by atoms with Crippen molar-refractivity contribution < 1.29 is 33.3 Å². The van der Waals surface area contributed by atoms with Crippen molar-refractivity contribution in [2.45, 2.75) is 6.92 Å². The second kappa shape index (κ2) is 9.52. The van der Waals surface area contributed by atoms with Crippen molar-refractivity contribution in [1.29, 1.82) is 0 Å². The summed E-state index contributed by atoms with van der Waals surface area (Å²) >= 11 is 6.18. The Balaban J connectivity index is 1.39. The molecule has 0 unspecified atom stereocenters. The number of ether oxygens (including phenoxy) is 5. The van der Waals surface area contributed by atoms with E-state index < -0.39 is 11.9 Å². The van der Waals surface area contributed by atoms with E-state index in [1.165, 1.54) is 0 Å². The predicted molar refractivity (Wildman–Crippen MR) is 127 cm³/mol. The Morgan fingerprint density at radius 3 is 2.71 bits per heavy atom. The molecule has 2 heterocycles. The predicted octanol–water partition coefficient (Wildman–Crippen LogP) is 5.03. The number of carbonyl (C=O) groups excluding carboxylic acids is 2. The van der Waals surface area contributed by atoms with E-state index >= 15 is 0 Å². The average molecular weight is 492 g/mol. The summed E-state index contributed by atoms with van der Waals surface area (Å²) in [4.78, 5) is 29.3. The normalized spacial score (nSPS) is 15.1. The fourth-order valence-electron chi connectivity index (χ4n) is 3.47. The minimum atomic E-state index is -0.601. The Morgan fingerprint density at radius 2 is 1.89 bits per heavy atom. The molecule has 0 spiro atoms. The van der Waals surface area contributed by atoms with Crippen LogP contribution in [0.25, 0.3) is 6.08 Å². The highest BCUT2D eigenvalue weighted by Crippen LogP contribution is 2.34. The van der Waals surface area contributed by atoms with Crippen LogP contribution in [0.5, 0.6) is 23.0 Å². The van der Waals surface area contributed by atoms with Gasteiger partial charge >= 0.3 is 11.9 Å². The first-order valence-corrected chi connectivity index (χ1v) is 11.1. The molecule has 2 aliphatic heterocycles. The van der Waals surface area contributed by atoms with Gasteiger partial charge in [0.15, 0.2) is 28.7 Å². The number of fused-ring (bicyclic) bond motifs is 1. The van der Waals surface area contributed by atoms with Crippen molar-refractivity contribution in [1.82, 2.24) is 0 Å². The van der Waals surface area contributed by atoms with Crippen LogP contribution >= 0.6 is 11.6 Å². The minimum Gasteiger partial charge on any atom is -0.490 e. The monoisotopic (exact) mass is 491 g/mol. The fraction of sp³-hybridized carbons (Fsp3) is 0.115. The van der Waals surface area contributed by atoms with Crippen LogP contribution in [0, 0.1) is 0 Å². The lowest BCUT2D eigenvalue weighted by atomic mass is 10.1. The third-order valence-corrected chi connectivity index (χ3v) is 5.44. The molecule has 35 heavy (non-hydrogen) atoms. The highest BCUT2D eigenvalue weighted by atomic mass is 35.5. The van der Waals surface area contributed by atoms with Crippen LogP contribution in [0.4, 0.5) is 0 Å². The SMILES string of the molecule is CCOc1cc(C=C2N=C(c3ccccc3Cl)OC2=O)ccc1OC(=O)c1ccc2c(c1)OCO2. The van der Waals surface area contributed by atoms with Gasteiger partial charge in [0.25, 0.3) is 0 Å². The number of cyclic esters (lactones) is 1. The molecule has 3 aromatic carbocycles. The number of benzene rings is 3. The maximum Gasteiger partial charge on any atom is 0.363 e.